The van der Waals surface area contributed by atoms with E-state index in [0.29, 0.717) is 4.21 Å². The van der Waals surface area contributed by atoms with Crippen molar-refractivity contribution in [3.05, 3.63) is 16.5 Å². The number of hydrogen-bond donors (Lipinski definition) is 0. The van der Waals surface area contributed by atoms with Crippen LogP contribution in [0.3, 0.4) is 0 Å². The van der Waals surface area contributed by atoms with Gasteiger partial charge in [-0.2, -0.15) is 0 Å². The summed E-state index contributed by atoms with van der Waals surface area (Å²) in [5, 5.41) is 0. The summed E-state index contributed by atoms with van der Waals surface area (Å²) in [5.41, 5.74) is 0.843. The molecule has 0 aliphatic heterocycles. The fourth-order valence-corrected chi connectivity index (χ4v) is 2.52. The molecule has 0 amide bonds. The van der Waals surface area contributed by atoms with E-state index < -0.39 is 11.1 Å². The van der Waals surface area contributed by atoms with Crippen molar-refractivity contribution in [2.45, 2.75) is 18.1 Å². The van der Waals surface area contributed by atoms with Crippen molar-refractivity contribution in [2.75, 3.05) is 0 Å². The molecule has 1 unspecified atom stereocenters. The monoisotopic (exact) mass is 198 g/mol. The third-order valence-electron chi connectivity index (χ3n) is 1.15. The van der Waals surface area contributed by atoms with Crippen LogP contribution in [0.1, 0.15) is 10.4 Å². The Kier molecular flexibility index (Phi) is 5.09. The van der Waals surface area contributed by atoms with Crippen molar-refractivity contribution >= 4 is 22.4 Å². The van der Waals surface area contributed by atoms with Crippen LogP contribution in [0.4, 0.5) is 0 Å². The Morgan fingerprint density at radius 2 is 2.09 bits per heavy atom. The first kappa shape index (κ1) is 11.8. The second kappa shape index (κ2) is 4.74. The van der Waals surface area contributed by atoms with Gasteiger partial charge in [0.05, 0.1) is 4.21 Å². The molecule has 11 heavy (non-hydrogen) atoms. The minimum Gasteiger partial charge on any atom is -0.768 e. The third kappa shape index (κ3) is 2.97. The van der Waals surface area contributed by atoms with Gasteiger partial charge in [0.1, 0.15) is 0 Å². The molecule has 0 saturated heterocycles. The summed E-state index contributed by atoms with van der Waals surface area (Å²) in [6, 6.07) is 1.87. The van der Waals surface area contributed by atoms with Crippen LogP contribution in [0.5, 0.6) is 0 Å². The molecular weight excluding hydrogens is 191 g/mol. The standard InChI is InChI=1S/C6H8O2S2.Na/c1-4-3-5(2)9-6(4)10(7)8;/h3H,1-2H3,(H,7,8);/q;+1/p-1. The Hall–Kier alpha value is 0.810. The van der Waals surface area contributed by atoms with Crippen LogP contribution in [0.25, 0.3) is 0 Å². The van der Waals surface area contributed by atoms with Crippen LogP contribution in [-0.2, 0) is 11.1 Å². The molecule has 1 heterocycles. The molecule has 2 nitrogen and oxygen atoms in total. The summed E-state index contributed by atoms with van der Waals surface area (Å²) in [6.45, 7) is 3.70. The quantitative estimate of drug-likeness (QED) is 0.411. The molecular formula is C6H7NaO2S2. The molecule has 1 atom stereocenters. The van der Waals surface area contributed by atoms with Crippen LogP contribution in [-0.4, -0.2) is 8.76 Å². The van der Waals surface area contributed by atoms with E-state index in [9.17, 15) is 8.76 Å². The van der Waals surface area contributed by atoms with Gasteiger partial charge in [-0.25, -0.2) is 0 Å². The fourth-order valence-electron chi connectivity index (χ4n) is 0.785. The van der Waals surface area contributed by atoms with Crippen molar-refractivity contribution in [1.82, 2.24) is 0 Å². The maximum atomic E-state index is 10.4. The van der Waals surface area contributed by atoms with Gasteiger partial charge in [-0.05, 0) is 36.6 Å². The second-order valence-electron chi connectivity index (χ2n) is 2.06. The third-order valence-corrected chi connectivity index (χ3v) is 3.38. The molecule has 0 aromatic carbocycles. The Morgan fingerprint density at radius 3 is 2.27 bits per heavy atom. The van der Waals surface area contributed by atoms with Gasteiger partial charge in [0.25, 0.3) is 0 Å². The van der Waals surface area contributed by atoms with Crippen LogP contribution in [0, 0.1) is 13.8 Å². The Labute approximate surface area is 94.6 Å². The van der Waals surface area contributed by atoms with Gasteiger partial charge < -0.3 is 4.55 Å². The first-order valence-corrected chi connectivity index (χ1v) is 4.66. The number of thiophene rings is 1. The van der Waals surface area contributed by atoms with Gasteiger partial charge in [0, 0.05) is 4.88 Å². The Bertz CT molecular complexity index is 270. The number of hydrogen-bond acceptors (Lipinski definition) is 3. The maximum Gasteiger partial charge on any atom is 1.00 e. The Morgan fingerprint density at radius 1 is 1.55 bits per heavy atom. The molecule has 0 radical (unpaired) electrons. The average molecular weight is 198 g/mol. The second-order valence-corrected chi connectivity index (χ2v) is 4.45. The predicted octanol–water partition coefficient (Wildman–Crippen LogP) is -1.39. The summed E-state index contributed by atoms with van der Waals surface area (Å²) >= 11 is -0.741. The van der Waals surface area contributed by atoms with Crippen molar-refractivity contribution in [2.24, 2.45) is 0 Å². The van der Waals surface area contributed by atoms with E-state index in [4.69, 9.17) is 0 Å². The van der Waals surface area contributed by atoms with Crippen LogP contribution in [0.2, 0.25) is 0 Å². The minimum atomic E-state index is -2.05. The van der Waals surface area contributed by atoms with E-state index in [0.717, 1.165) is 10.4 Å². The van der Waals surface area contributed by atoms with E-state index in [1.165, 1.54) is 11.3 Å². The molecule has 56 valence electrons. The van der Waals surface area contributed by atoms with Crippen LogP contribution < -0.4 is 29.6 Å². The molecule has 0 N–H and O–H groups in total. The Balaban J connectivity index is 0.000001000. The minimum absolute atomic E-state index is 0. The summed E-state index contributed by atoms with van der Waals surface area (Å²) in [5.74, 6) is 0. The first-order chi connectivity index (χ1) is 4.61. The van der Waals surface area contributed by atoms with E-state index in [1.807, 2.05) is 13.0 Å². The van der Waals surface area contributed by atoms with Crippen molar-refractivity contribution < 1.29 is 38.3 Å². The molecule has 0 saturated carbocycles. The van der Waals surface area contributed by atoms with Gasteiger partial charge in [-0.1, -0.05) is 0 Å². The number of rotatable bonds is 1. The summed E-state index contributed by atoms with van der Waals surface area (Å²) in [6.07, 6.45) is 0. The van der Waals surface area contributed by atoms with Gasteiger partial charge >= 0.3 is 29.6 Å². The molecule has 1 aromatic rings. The van der Waals surface area contributed by atoms with Gasteiger partial charge in [0.15, 0.2) is 0 Å². The molecule has 1 aromatic heterocycles. The molecule has 0 aliphatic rings. The summed E-state index contributed by atoms with van der Waals surface area (Å²) in [7, 11) is 0. The first-order valence-electron chi connectivity index (χ1n) is 2.77. The summed E-state index contributed by atoms with van der Waals surface area (Å²) in [4.78, 5) is 1.04. The molecule has 1 rings (SSSR count). The SMILES string of the molecule is Cc1cc(C)c(S(=O)[O-])s1.[Na+]. The zero-order chi connectivity index (χ0) is 7.72. The van der Waals surface area contributed by atoms with E-state index >= 15 is 0 Å². The van der Waals surface area contributed by atoms with E-state index in [2.05, 4.69) is 0 Å². The van der Waals surface area contributed by atoms with Crippen molar-refractivity contribution in [3.8, 4) is 0 Å². The smallest absolute Gasteiger partial charge is 0.768 e. The normalized spacial score (nSPS) is 12.3. The molecule has 0 aliphatic carbocycles. The molecule has 0 spiro atoms. The zero-order valence-corrected chi connectivity index (χ0v) is 10.3. The van der Waals surface area contributed by atoms with Gasteiger partial charge in [-0.15, -0.1) is 11.3 Å². The van der Waals surface area contributed by atoms with Gasteiger partial charge in [-0.3, -0.25) is 4.21 Å². The van der Waals surface area contributed by atoms with Crippen molar-refractivity contribution in [3.63, 3.8) is 0 Å². The van der Waals surface area contributed by atoms with E-state index in [1.54, 1.807) is 6.92 Å². The largest absolute Gasteiger partial charge is 1.00 e. The predicted molar refractivity (Wildman–Crippen MR) is 41.0 cm³/mol. The maximum absolute atomic E-state index is 10.4. The molecule has 5 heteroatoms. The van der Waals surface area contributed by atoms with Crippen molar-refractivity contribution in [1.29, 1.82) is 0 Å². The molecule has 0 fully saturated rings. The molecule has 0 bridgehead atoms. The van der Waals surface area contributed by atoms with Crippen LogP contribution in [0.15, 0.2) is 10.3 Å². The van der Waals surface area contributed by atoms with Gasteiger partial charge in [0.2, 0.25) is 0 Å². The zero-order valence-electron chi connectivity index (χ0n) is 6.71. The summed E-state index contributed by atoms with van der Waals surface area (Å²) < 4.78 is 21.3. The average Bonchev–Trinajstić information content (AvgIpc) is 2.10. The topological polar surface area (TPSA) is 40.1 Å². The number of aryl methyl sites for hydroxylation is 2. The van der Waals surface area contributed by atoms with E-state index in [-0.39, 0.29) is 29.6 Å². The van der Waals surface area contributed by atoms with Crippen LogP contribution >= 0.6 is 11.3 Å². The fraction of sp³-hybridized carbons (Fsp3) is 0.333.